The maximum Gasteiger partial charge on any atom is 0.220 e. The van der Waals surface area contributed by atoms with Crippen LogP contribution >= 0.6 is 11.3 Å². The van der Waals surface area contributed by atoms with Crippen molar-refractivity contribution >= 4 is 17.2 Å². The van der Waals surface area contributed by atoms with Crippen molar-refractivity contribution in [2.24, 2.45) is 0 Å². The smallest absolute Gasteiger partial charge is 0.220 e. The van der Waals surface area contributed by atoms with Crippen molar-refractivity contribution in [3.63, 3.8) is 0 Å². The summed E-state index contributed by atoms with van der Waals surface area (Å²) in [6.07, 6.45) is 7.13. The van der Waals surface area contributed by atoms with Crippen LogP contribution in [0.25, 0.3) is 0 Å². The van der Waals surface area contributed by atoms with Gasteiger partial charge < -0.3 is 14.8 Å². The molecule has 0 spiro atoms. The van der Waals surface area contributed by atoms with E-state index in [1.165, 1.54) is 23.3 Å². The largest absolute Gasteiger partial charge is 0.486 e. The van der Waals surface area contributed by atoms with Crippen LogP contribution in [0.2, 0.25) is 0 Å². The Hall–Kier alpha value is -2.01. The number of carbonyl (C=O) groups excluding carboxylic acids is 1. The average Bonchev–Trinajstić information content (AvgIpc) is 3.39. The summed E-state index contributed by atoms with van der Waals surface area (Å²) >= 11 is 1.76. The topological polar surface area (TPSA) is 47.6 Å². The van der Waals surface area contributed by atoms with Crippen molar-refractivity contribution < 1.29 is 14.3 Å². The number of rotatable bonds is 7. The van der Waals surface area contributed by atoms with Gasteiger partial charge in [0.05, 0.1) is 0 Å². The SMILES string of the molecule is O=C(CCCc1cccs1)NCC1(c2ccc3c(c2)OCCO3)CCCC1. The lowest BCUT2D eigenvalue weighted by molar-refractivity contribution is -0.121. The molecule has 0 radical (unpaired) electrons. The summed E-state index contributed by atoms with van der Waals surface area (Å²) in [7, 11) is 0. The number of carbonyl (C=O) groups is 1. The molecule has 0 bridgehead atoms. The lowest BCUT2D eigenvalue weighted by Crippen LogP contribution is -2.39. The first-order valence-electron chi connectivity index (χ1n) is 9.94. The van der Waals surface area contributed by atoms with Gasteiger partial charge in [0.1, 0.15) is 13.2 Å². The Labute approximate surface area is 164 Å². The normalized spacial score (nSPS) is 17.6. The van der Waals surface area contributed by atoms with E-state index in [0.717, 1.165) is 37.2 Å². The molecule has 4 nitrogen and oxygen atoms in total. The molecular weight excluding hydrogens is 358 g/mol. The summed E-state index contributed by atoms with van der Waals surface area (Å²) < 4.78 is 11.4. The predicted octanol–water partition coefficient (Wildman–Crippen LogP) is 4.47. The predicted molar refractivity (Wildman–Crippen MR) is 108 cm³/mol. The third-order valence-corrected chi connectivity index (χ3v) is 6.68. The molecule has 2 aromatic rings. The number of aryl methyl sites for hydroxylation is 1. The third kappa shape index (κ3) is 4.29. The summed E-state index contributed by atoms with van der Waals surface area (Å²) in [6, 6.07) is 10.5. The zero-order valence-corrected chi connectivity index (χ0v) is 16.5. The molecule has 2 heterocycles. The van der Waals surface area contributed by atoms with Crippen LogP contribution in [0.5, 0.6) is 11.5 Å². The second kappa shape index (κ2) is 8.34. The number of hydrogen-bond donors (Lipinski definition) is 1. The van der Waals surface area contributed by atoms with Crippen LogP contribution in [0.15, 0.2) is 35.7 Å². The van der Waals surface area contributed by atoms with Crippen LogP contribution in [0, 0.1) is 0 Å². The van der Waals surface area contributed by atoms with Crippen LogP contribution in [-0.2, 0) is 16.6 Å². The third-order valence-electron chi connectivity index (χ3n) is 5.75. The van der Waals surface area contributed by atoms with Gasteiger partial charge in [-0.1, -0.05) is 25.0 Å². The van der Waals surface area contributed by atoms with E-state index in [4.69, 9.17) is 9.47 Å². The lowest BCUT2D eigenvalue weighted by Gasteiger charge is -2.31. The van der Waals surface area contributed by atoms with E-state index < -0.39 is 0 Å². The van der Waals surface area contributed by atoms with Crippen molar-refractivity contribution in [1.29, 1.82) is 0 Å². The molecule has 27 heavy (non-hydrogen) atoms. The molecule has 1 aliphatic carbocycles. The van der Waals surface area contributed by atoms with E-state index in [9.17, 15) is 4.79 Å². The fourth-order valence-electron chi connectivity index (χ4n) is 4.23. The van der Waals surface area contributed by atoms with E-state index in [2.05, 4.69) is 35.0 Å². The summed E-state index contributed by atoms with van der Waals surface area (Å²) in [5, 5.41) is 5.31. The van der Waals surface area contributed by atoms with E-state index >= 15 is 0 Å². The fraction of sp³-hybridized carbons (Fsp3) is 0.500. The van der Waals surface area contributed by atoms with Crippen molar-refractivity contribution in [2.75, 3.05) is 19.8 Å². The molecule has 0 atom stereocenters. The molecule has 1 amide bonds. The quantitative estimate of drug-likeness (QED) is 0.765. The second-order valence-electron chi connectivity index (χ2n) is 7.56. The Morgan fingerprint density at radius 1 is 1.11 bits per heavy atom. The van der Waals surface area contributed by atoms with Gasteiger partial charge in [0.25, 0.3) is 0 Å². The van der Waals surface area contributed by atoms with E-state index in [1.807, 2.05) is 6.07 Å². The first kappa shape index (κ1) is 18.4. The molecule has 1 saturated carbocycles. The van der Waals surface area contributed by atoms with Gasteiger partial charge in [0, 0.05) is 23.3 Å². The zero-order valence-electron chi connectivity index (χ0n) is 15.7. The number of benzene rings is 1. The van der Waals surface area contributed by atoms with Gasteiger partial charge in [-0.15, -0.1) is 11.3 Å². The molecule has 4 rings (SSSR count). The van der Waals surface area contributed by atoms with Crippen LogP contribution in [-0.4, -0.2) is 25.7 Å². The van der Waals surface area contributed by atoms with Crippen LogP contribution in [0.4, 0.5) is 0 Å². The monoisotopic (exact) mass is 385 g/mol. The molecule has 1 aliphatic heterocycles. The first-order chi connectivity index (χ1) is 13.3. The Morgan fingerprint density at radius 2 is 1.93 bits per heavy atom. The van der Waals surface area contributed by atoms with Gasteiger partial charge in [0.2, 0.25) is 5.91 Å². The highest BCUT2D eigenvalue weighted by molar-refractivity contribution is 7.09. The fourth-order valence-corrected chi connectivity index (χ4v) is 4.98. The molecule has 0 saturated heterocycles. The summed E-state index contributed by atoms with van der Waals surface area (Å²) in [4.78, 5) is 13.7. The van der Waals surface area contributed by atoms with Crippen LogP contribution in [0.1, 0.15) is 49.0 Å². The van der Waals surface area contributed by atoms with E-state index in [0.29, 0.717) is 26.2 Å². The highest BCUT2D eigenvalue weighted by Gasteiger charge is 2.36. The Morgan fingerprint density at radius 3 is 2.70 bits per heavy atom. The zero-order chi connectivity index (χ0) is 18.5. The molecule has 1 aromatic carbocycles. The van der Waals surface area contributed by atoms with Crippen molar-refractivity contribution in [2.45, 2.75) is 50.4 Å². The Kier molecular flexibility index (Phi) is 5.67. The molecule has 5 heteroatoms. The second-order valence-corrected chi connectivity index (χ2v) is 8.59. The average molecular weight is 386 g/mol. The van der Waals surface area contributed by atoms with Gasteiger partial charge in [-0.2, -0.15) is 0 Å². The number of fused-ring (bicyclic) bond motifs is 1. The van der Waals surface area contributed by atoms with Gasteiger partial charge in [-0.05, 0) is 54.8 Å². The number of amides is 1. The molecule has 2 aliphatic rings. The molecule has 1 N–H and O–H groups in total. The minimum atomic E-state index is 0.0270. The summed E-state index contributed by atoms with van der Waals surface area (Å²) in [6.45, 7) is 1.92. The molecular formula is C22H27NO3S. The standard InChI is InChI=1S/C22H27NO3S/c24-21(7-3-5-18-6-4-14-27-18)23-16-22(10-1-2-11-22)17-8-9-19-20(15-17)26-13-12-25-19/h4,6,8-9,14-15H,1-3,5,7,10-13,16H2,(H,23,24). The Balaban J connectivity index is 1.36. The van der Waals surface area contributed by atoms with E-state index in [-0.39, 0.29) is 11.3 Å². The highest BCUT2D eigenvalue weighted by atomic mass is 32.1. The van der Waals surface area contributed by atoms with Crippen molar-refractivity contribution in [3.8, 4) is 11.5 Å². The molecule has 1 aromatic heterocycles. The number of hydrogen-bond acceptors (Lipinski definition) is 4. The first-order valence-corrected chi connectivity index (χ1v) is 10.8. The molecule has 144 valence electrons. The Bertz CT molecular complexity index is 766. The van der Waals surface area contributed by atoms with Gasteiger partial charge in [-0.25, -0.2) is 0 Å². The van der Waals surface area contributed by atoms with E-state index in [1.54, 1.807) is 11.3 Å². The number of ether oxygens (including phenoxy) is 2. The summed E-state index contributed by atoms with van der Waals surface area (Å²) in [5.74, 6) is 1.83. The van der Waals surface area contributed by atoms with Gasteiger partial charge in [-0.3, -0.25) is 4.79 Å². The highest BCUT2D eigenvalue weighted by Crippen LogP contribution is 2.43. The maximum absolute atomic E-state index is 12.4. The summed E-state index contributed by atoms with van der Waals surface area (Å²) in [5.41, 5.74) is 1.29. The van der Waals surface area contributed by atoms with Gasteiger partial charge >= 0.3 is 0 Å². The lowest BCUT2D eigenvalue weighted by atomic mass is 9.78. The van der Waals surface area contributed by atoms with Crippen LogP contribution in [0.3, 0.4) is 0 Å². The molecule has 0 unspecified atom stereocenters. The number of thiophene rings is 1. The minimum Gasteiger partial charge on any atom is -0.486 e. The van der Waals surface area contributed by atoms with Crippen molar-refractivity contribution in [3.05, 3.63) is 46.2 Å². The van der Waals surface area contributed by atoms with Crippen molar-refractivity contribution in [1.82, 2.24) is 5.32 Å². The molecule has 1 fully saturated rings. The maximum atomic E-state index is 12.4. The minimum absolute atomic E-state index is 0.0270. The van der Waals surface area contributed by atoms with Gasteiger partial charge in [0.15, 0.2) is 11.5 Å². The number of nitrogens with one attached hydrogen (secondary N) is 1. The van der Waals surface area contributed by atoms with Crippen LogP contribution < -0.4 is 14.8 Å².